The molecule has 0 aromatic heterocycles. The topological polar surface area (TPSA) is 55.8 Å². The van der Waals surface area contributed by atoms with Crippen molar-refractivity contribution in [1.82, 2.24) is 0 Å². The summed E-state index contributed by atoms with van der Waals surface area (Å²) in [5, 5.41) is 8.57. The molecule has 4 nitrogen and oxygen atoms in total. The lowest BCUT2D eigenvalue weighted by molar-refractivity contribution is -0.304. The van der Waals surface area contributed by atoms with Crippen LogP contribution in [0.3, 0.4) is 0 Å². The van der Waals surface area contributed by atoms with Gasteiger partial charge in [-0.15, -0.1) is 0 Å². The smallest absolute Gasteiger partial charge is 0.317 e. The van der Waals surface area contributed by atoms with Crippen LogP contribution in [0.1, 0.15) is 12.0 Å². The number of carboxylic acids is 1. The Bertz CT molecular complexity index is 315. The first-order valence-corrected chi connectivity index (χ1v) is 5.77. The maximum absolute atomic E-state index is 10.4. The molecule has 0 aliphatic carbocycles. The molecule has 0 aliphatic rings. The van der Waals surface area contributed by atoms with E-state index in [1.807, 2.05) is 30.3 Å². The first kappa shape index (κ1) is 13.2. The van der Waals surface area contributed by atoms with Crippen LogP contribution in [-0.2, 0) is 21.2 Å². The molecule has 0 spiro atoms. The number of alkyl halides is 1. The molecule has 88 valence electrons. The van der Waals surface area contributed by atoms with E-state index in [2.05, 4.69) is 15.9 Å². The van der Waals surface area contributed by atoms with E-state index in [0.29, 0.717) is 13.0 Å². The van der Waals surface area contributed by atoms with Gasteiger partial charge in [0.05, 0.1) is 6.61 Å². The van der Waals surface area contributed by atoms with Gasteiger partial charge in [-0.25, -0.2) is 9.78 Å². The van der Waals surface area contributed by atoms with Crippen LogP contribution in [0.4, 0.5) is 0 Å². The summed E-state index contributed by atoms with van der Waals surface area (Å²) >= 11 is 3.00. The lowest BCUT2D eigenvalue weighted by Gasteiger charge is -2.05. The molecule has 1 atom stereocenters. The molecule has 0 radical (unpaired) electrons. The number of hydrogen-bond donors (Lipinski definition) is 1. The van der Waals surface area contributed by atoms with Crippen LogP contribution < -0.4 is 0 Å². The third-order valence-corrected chi connectivity index (χ3v) is 2.72. The summed E-state index contributed by atoms with van der Waals surface area (Å²) in [4.78, 5) is 19.7. The molecule has 1 rings (SSSR count). The molecule has 5 heteroatoms. The van der Waals surface area contributed by atoms with Crippen LogP contribution >= 0.6 is 15.9 Å². The van der Waals surface area contributed by atoms with Crippen LogP contribution in [0.15, 0.2) is 30.3 Å². The van der Waals surface area contributed by atoms with Gasteiger partial charge in [-0.2, -0.15) is 0 Å². The first-order chi connectivity index (χ1) is 7.70. The van der Waals surface area contributed by atoms with Gasteiger partial charge in [0, 0.05) is 0 Å². The number of carboxylic acid groups (broad SMARTS) is 1. The van der Waals surface area contributed by atoms with Crippen molar-refractivity contribution < 1.29 is 19.7 Å². The van der Waals surface area contributed by atoms with Crippen LogP contribution in [0.2, 0.25) is 0 Å². The summed E-state index contributed by atoms with van der Waals surface area (Å²) in [5.41, 5.74) is 1.01. The zero-order chi connectivity index (χ0) is 11.8. The predicted octanol–water partition coefficient (Wildman–Crippen LogP) is 2.37. The first-order valence-electron chi connectivity index (χ1n) is 4.85. The van der Waals surface area contributed by atoms with Crippen molar-refractivity contribution >= 4 is 21.9 Å². The van der Waals surface area contributed by atoms with Crippen molar-refractivity contribution in [1.29, 1.82) is 0 Å². The Balaban J connectivity index is 2.07. The highest BCUT2D eigenvalue weighted by atomic mass is 79.9. The summed E-state index contributed by atoms with van der Waals surface area (Å²) < 4.78 is 0. The second-order valence-corrected chi connectivity index (χ2v) is 4.27. The SMILES string of the molecule is O=C(O)[C@@H](Br)CCOOCc1ccccc1. The minimum Gasteiger partial charge on any atom is -0.480 e. The van der Waals surface area contributed by atoms with Gasteiger partial charge in [-0.05, 0) is 12.0 Å². The van der Waals surface area contributed by atoms with Crippen molar-refractivity contribution in [3.8, 4) is 0 Å². The highest BCUT2D eigenvalue weighted by Crippen LogP contribution is 2.06. The van der Waals surface area contributed by atoms with E-state index in [0.717, 1.165) is 5.56 Å². The fraction of sp³-hybridized carbons (Fsp3) is 0.364. The molecule has 0 fully saturated rings. The number of carbonyl (C=O) groups is 1. The maximum Gasteiger partial charge on any atom is 0.317 e. The standard InChI is InChI=1S/C11H13BrO4/c12-10(11(13)14)6-7-15-16-8-9-4-2-1-3-5-9/h1-5,10H,6-8H2,(H,13,14)/t10-/m0/s1. The largest absolute Gasteiger partial charge is 0.480 e. The minimum absolute atomic E-state index is 0.245. The van der Waals surface area contributed by atoms with Crippen molar-refractivity contribution in [3.05, 3.63) is 35.9 Å². The van der Waals surface area contributed by atoms with Gasteiger partial charge in [0.1, 0.15) is 11.4 Å². The van der Waals surface area contributed by atoms with Crippen LogP contribution in [-0.4, -0.2) is 22.5 Å². The van der Waals surface area contributed by atoms with E-state index < -0.39 is 10.8 Å². The number of hydrogen-bond acceptors (Lipinski definition) is 3. The highest BCUT2D eigenvalue weighted by molar-refractivity contribution is 9.10. The quantitative estimate of drug-likeness (QED) is 0.362. The van der Waals surface area contributed by atoms with E-state index in [-0.39, 0.29) is 6.61 Å². The molecule has 1 N–H and O–H groups in total. The fourth-order valence-corrected chi connectivity index (χ4v) is 1.20. The van der Waals surface area contributed by atoms with Crippen molar-refractivity contribution in [2.45, 2.75) is 17.9 Å². The molecule has 0 bridgehead atoms. The number of halogens is 1. The van der Waals surface area contributed by atoms with Crippen LogP contribution in [0.25, 0.3) is 0 Å². The Hall–Kier alpha value is -0.910. The number of benzene rings is 1. The van der Waals surface area contributed by atoms with E-state index in [1.165, 1.54) is 0 Å². The number of rotatable bonds is 7. The van der Waals surface area contributed by atoms with E-state index in [4.69, 9.17) is 14.9 Å². The van der Waals surface area contributed by atoms with Gasteiger partial charge in [0.2, 0.25) is 0 Å². The third-order valence-electron chi connectivity index (χ3n) is 1.87. The molecule has 0 heterocycles. The molecular weight excluding hydrogens is 276 g/mol. The fourth-order valence-electron chi connectivity index (χ4n) is 1.02. The van der Waals surface area contributed by atoms with Crippen molar-refractivity contribution in [3.63, 3.8) is 0 Å². The van der Waals surface area contributed by atoms with Gasteiger partial charge >= 0.3 is 5.97 Å². The summed E-state index contributed by atoms with van der Waals surface area (Å²) in [7, 11) is 0. The molecule has 0 saturated carbocycles. The average Bonchev–Trinajstić information content (AvgIpc) is 2.29. The Kier molecular flexibility index (Phi) is 6.07. The van der Waals surface area contributed by atoms with Gasteiger partial charge in [-0.3, -0.25) is 4.79 Å². The predicted molar refractivity (Wildman–Crippen MR) is 62.2 cm³/mol. The van der Waals surface area contributed by atoms with Crippen LogP contribution in [0, 0.1) is 0 Å². The molecule has 1 aromatic carbocycles. The van der Waals surface area contributed by atoms with Gasteiger partial charge < -0.3 is 5.11 Å². The second-order valence-electron chi connectivity index (χ2n) is 3.16. The van der Waals surface area contributed by atoms with Gasteiger partial charge in [0.15, 0.2) is 0 Å². The monoisotopic (exact) mass is 288 g/mol. The lowest BCUT2D eigenvalue weighted by Crippen LogP contribution is -2.15. The zero-order valence-electron chi connectivity index (χ0n) is 8.64. The summed E-state index contributed by atoms with van der Waals surface area (Å²) in [6, 6.07) is 9.60. The summed E-state index contributed by atoms with van der Waals surface area (Å²) in [5.74, 6) is -0.897. The Morgan fingerprint density at radius 1 is 1.31 bits per heavy atom. The van der Waals surface area contributed by atoms with Crippen molar-refractivity contribution in [2.24, 2.45) is 0 Å². The Labute approximate surface area is 102 Å². The number of aliphatic carboxylic acids is 1. The van der Waals surface area contributed by atoms with Crippen molar-refractivity contribution in [2.75, 3.05) is 6.61 Å². The van der Waals surface area contributed by atoms with E-state index in [9.17, 15) is 4.79 Å². The van der Waals surface area contributed by atoms with Crippen LogP contribution in [0.5, 0.6) is 0 Å². The molecule has 0 aliphatic heterocycles. The summed E-state index contributed by atoms with van der Waals surface area (Å²) in [6.45, 7) is 0.607. The molecule has 16 heavy (non-hydrogen) atoms. The van der Waals surface area contributed by atoms with Gasteiger partial charge in [0.25, 0.3) is 0 Å². The maximum atomic E-state index is 10.4. The normalized spacial score (nSPS) is 12.3. The lowest BCUT2D eigenvalue weighted by atomic mass is 10.2. The average molecular weight is 289 g/mol. The molecule has 0 amide bonds. The third kappa shape index (κ3) is 5.25. The van der Waals surface area contributed by atoms with E-state index >= 15 is 0 Å². The minimum atomic E-state index is -0.897. The summed E-state index contributed by atoms with van der Waals surface area (Å²) in [6.07, 6.45) is 0.365. The molecule has 0 saturated heterocycles. The Morgan fingerprint density at radius 2 is 2.00 bits per heavy atom. The van der Waals surface area contributed by atoms with E-state index in [1.54, 1.807) is 0 Å². The molecular formula is C11H13BrO4. The molecule has 1 aromatic rings. The molecule has 0 unspecified atom stereocenters. The van der Waals surface area contributed by atoms with Gasteiger partial charge in [-0.1, -0.05) is 46.3 Å². The second kappa shape index (κ2) is 7.38. The Morgan fingerprint density at radius 3 is 2.62 bits per heavy atom. The highest BCUT2D eigenvalue weighted by Gasteiger charge is 2.12. The zero-order valence-corrected chi connectivity index (χ0v) is 10.2.